The van der Waals surface area contributed by atoms with Gasteiger partial charge in [-0.15, -0.1) is 0 Å². The Morgan fingerprint density at radius 3 is 2.53 bits per heavy atom. The molecule has 2 heterocycles. The lowest BCUT2D eigenvalue weighted by Gasteiger charge is -2.15. The Bertz CT molecular complexity index is 1370. The lowest BCUT2D eigenvalue weighted by atomic mass is 10.0. The number of pyridine rings is 1. The summed E-state index contributed by atoms with van der Waals surface area (Å²) in [5.74, 6) is 0. The first kappa shape index (κ1) is 19.6. The van der Waals surface area contributed by atoms with Crippen molar-refractivity contribution in [3.05, 3.63) is 72.7 Å². The number of nitrogens with one attached hydrogen (secondary N) is 2. The van der Waals surface area contributed by atoms with Crippen LogP contribution in [0.15, 0.2) is 72.0 Å². The molecule has 2 N–H and O–H groups in total. The van der Waals surface area contributed by atoms with Crippen LogP contribution in [0.2, 0.25) is 0 Å². The molecule has 0 fully saturated rings. The molecule has 30 heavy (non-hydrogen) atoms. The Hall–Kier alpha value is -3.67. The molecular weight excluding hydrogens is 398 g/mol. The maximum Gasteiger partial charge on any atom is 0.242 e. The van der Waals surface area contributed by atoms with E-state index in [0.717, 1.165) is 22.2 Å². The molecule has 4 rings (SSSR count). The second-order valence-electron chi connectivity index (χ2n) is 6.90. The van der Waals surface area contributed by atoms with E-state index >= 15 is 0 Å². The molecule has 2 aromatic heterocycles. The van der Waals surface area contributed by atoms with Crippen LogP contribution >= 0.6 is 0 Å². The Kier molecular flexibility index (Phi) is 4.99. The van der Waals surface area contributed by atoms with Crippen LogP contribution in [-0.2, 0) is 10.0 Å². The van der Waals surface area contributed by atoms with Gasteiger partial charge in [0, 0.05) is 54.8 Å². The van der Waals surface area contributed by atoms with Gasteiger partial charge in [0.05, 0.1) is 16.1 Å². The van der Waals surface area contributed by atoms with E-state index in [-0.39, 0.29) is 4.90 Å². The highest BCUT2D eigenvalue weighted by molar-refractivity contribution is 7.89. The Labute approximate surface area is 174 Å². The predicted octanol–water partition coefficient (Wildman–Crippen LogP) is 4.10. The number of hydrogen-bond donors (Lipinski definition) is 2. The monoisotopic (exact) mass is 417 g/mol. The summed E-state index contributed by atoms with van der Waals surface area (Å²) >= 11 is 0. The normalized spacial score (nSPS) is 11.5. The number of sulfonamides is 1. The minimum atomic E-state index is -3.52. The number of aromatic amines is 1. The van der Waals surface area contributed by atoms with Crippen molar-refractivity contribution in [1.82, 2.24) is 14.3 Å². The number of anilines is 2. The second-order valence-corrected chi connectivity index (χ2v) is 9.05. The van der Waals surface area contributed by atoms with Gasteiger partial charge in [0.15, 0.2) is 0 Å². The number of benzene rings is 2. The van der Waals surface area contributed by atoms with E-state index in [1.54, 1.807) is 30.5 Å². The third-order valence-corrected chi connectivity index (χ3v) is 6.69. The molecular formula is C22H19N5O2S. The van der Waals surface area contributed by atoms with Gasteiger partial charge in [-0.3, -0.25) is 4.98 Å². The van der Waals surface area contributed by atoms with Crippen LogP contribution in [0.4, 0.5) is 11.4 Å². The van der Waals surface area contributed by atoms with Crippen LogP contribution in [0.1, 0.15) is 5.56 Å². The minimum Gasteiger partial charge on any atom is -0.361 e. The zero-order chi connectivity index (χ0) is 21.3. The topological polar surface area (TPSA) is 102 Å². The van der Waals surface area contributed by atoms with Crippen LogP contribution in [0.25, 0.3) is 22.0 Å². The summed E-state index contributed by atoms with van der Waals surface area (Å²) in [6, 6.07) is 16.5. The van der Waals surface area contributed by atoms with Gasteiger partial charge in [0.2, 0.25) is 10.0 Å². The summed E-state index contributed by atoms with van der Waals surface area (Å²) in [5.41, 5.74) is 4.29. The second kappa shape index (κ2) is 7.63. The number of H-pyrrole nitrogens is 1. The Balaban J connectivity index is 1.80. The van der Waals surface area contributed by atoms with Gasteiger partial charge in [0.25, 0.3) is 0 Å². The summed E-state index contributed by atoms with van der Waals surface area (Å²) in [4.78, 5) is 7.56. The molecule has 0 amide bonds. The summed E-state index contributed by atoms with van der Waals surface area (Å²) in [7, 11) is -0.532. The molecule has 4 aromatic rings. The van der Waals surface area contributed by atoms with Crippen LogP contribution in [0.5, 0.6) is 0 Å². The standard InChI is InChI=1S/C22H19N5O2S/c1-27(2)30(28,29)17-8-6-15(7-9-17)19-14-24-13-16(12-23)22(19)26-21-5-3-4-20-18(21)10-11-25-20/h3-11,13-14,25H,1-2H3,(H,24,26). The van der Waals surface area contributed by atoms with Gasteiger partial charge in [-0.1, -0.05) is 18.2 Å². The number of aromatic nitrogens is 2. The van der Waals surface area contributed by atoms with Gasteiger partial charge in [-0.05, 0) is 35.9 Å². The van der Waals surface area contributed by atoms with E-state index in [0.29, 0.717) is 16.8 Å². The van der Waals surface area contributed by atoms with E-state index in [1.807, 2.05) is 30.5 Å². The molecule has 0 aliphatic carbocycles. The van der Waals surface area contributed by atoms with Crippen molar-refractivity contribution in [1.29, 1.82) is 5.26 Å². The van der Waals surface area contributed by atoms with Gasteiger partial charge in [0.1, 0.15) is 6.07 Å². The number of nitrogens with zero attached hydrogens (tertiary/aromatic N) is 3. The first-order valence-electron chi connectivity index (χ1n) is 9.16. The van der Waals surface area contributed by atoms with Gasteiger partial charge < -0.3 is 10.3 Å². The van der Waals surface area contributed by atoms with Gasteiger partial charge in [-0.2, -0.15) is 5.26 Å². The fourth-order valence-corrected chi connectivity index (χ4v) is 4.15. The highest BCUT2D eigenvalue weighted by atomic mass is 32.2. The fourth-order valence-electron chi connectivity index (χ4n) is 3.25. The van der Waals surface area contributed by atoms with Gasteiger partial charge >= 0.3 is 0 Å². The molecule has 0 spiro atoms. The summed E-state index contributed by atoms with van der Waals surface area (Å²) < 4.78 is 25.9. The largest absolute Gasteiger partial charge is 0.361 e. The van der Waals surface area contributed by atoms with Crippen molar-refractivity contribution < 1.29 is 8.42 Å². The Morgan fingerprint density at radius 2 is 1.83 bits per heavy atom. The van der Waals surface area contributed by atoms with Crippen molar-refractivity contribution in [2.45, 2.75) is 4.90 Å². The smallest absolute Gasteiger partial charge is 0.242 e. The zero-order valence-corrected chi connectivity index (χ0v) is 17.2. The van der Waals surface area contributed by atoms with Crippen molar-refractivity contribution in [2.75, 3.05) is 19.4 Å². The maximum absolute atomic E-state index is 12.3. The van der Waals surface area contributed by atoms with Crippen molar-refractivity contribution in [3.63, 3.8) is 0 Å². The predicted molar refractivity (Wildman–Crippen MR) is 117 cm³/mol. The van der Waals surface area contributed by atoms with E-state index in [4.69, 9.17) is 0 Å². The van der Waals surface area contributed by atoms with E-state index < -0.39 is 10.0 Å². The molecule has 2 aromatic carbocycles. The number of hydrogen-bond acceptors (Lipinski definition) is 5. The van der Waals surface area contributed by atoms with E-state index in [2.05, 4.69) is 21.4 Å². The molecule has 0 radical (unpaired) electrons. The Morgan fingerprint density at radius 1 is 1.07 bits per heavy atom. The van der Waals surface area contributed by atoms with Crippen molar-refractivity contribution >= 4 is 32.3 Å². The van der Waals surface area contributed by atoms with E-state index in [1.165, 1.54) is 24.6 Å². The van der Waals surface area contributed by atoms with Crippen molar-refractivity contribution in [3.8, 4) is 17.2 Å². The van der Waals surface area contributed by atoms with Crippen molar-refractivity contribution in [2.24, 2.45) is 0 Å². The molecule has 0 saturated carbocycles. The lowest BCUT2D eigenvalue weighted by Crippen LogP contribution is -2.22. The summed E-state index contributed by atoms with van der Waals surface area (Å²) in [6.45, 7) is 0. The molecule has 0 bridgehead atoms. The van der Waals surface area contributed by atoms with E-state index in [9.17, 15) is 13.7 Å². The molecule has 0 atom stereocenters. The minimum absolute atomic E-state index is 0.201. The molecule has 0 unspecified atom stereocenters. The van der Waals surface area contributed by atoms with Gasteiger partial charge in [-0.25, -0.2) is 12.7 Å². The molecule has 7 nitrogen and oxygen atoms in total. The lowest BCUT2D eigenvalue weighted by molar-refractivity contribution is 0.521. The van der Waals surface area contributed by atoms with Crippen LogP contribution in [0, 0.1) is 11.3 Å². The third-order valence-electron chi connectivity index (χ3n) is 4.86. The highest BCUT2D eigenvalue weighted by Crippen LogP contribution is 2.35. The zero-order valence-electron chi connectivity index (χ0n) is 16.4. The number of nitriles is 1. The summed E-state index contributed by atoms with van der Waals surface area (Å²) in [6.07, 6.45) is 5.03. The average Bonchev–Trinajstić information content (AvgIpc) is 3.24. The highest BCUT2D eigenvalue weighted by Gasteiger charge is 2.18. The van der Waals surface area contributed by atoms with Crippen LogP contribution in [0.3, 0.4) is 0 Å². The SMILES string of the molecule is CN(C)S(=O)(=O)c1ccc(-c2cncc(C#N)c2Nc2cccc3[nH]ccc23)cc1. The molecule has 150 valence electrons. The average molecular weight is 417 g/mol. The molecule has 0 aliphatic heterocycles. The molecule has 8 heteroatoms. The molecule has 0 saturated heterocycles. The first-order valence-corrected chi connectivity index (χ1v) is 10.6. The summed E-state index contributed by atoms with van der Waals surface area (Å²) in [5, 5.41) is 14.0. The first-order chi connectivity index (χ1) is 14.4. The quantitative estimate of drug-likeness (QED) is 0.509. The van der Waals surface area contributed by atoms with Crippen LogP contribution in [-0.4, -0.2) is 36.8 Å². The van der Waals surface area contributed by atoms with Crippen LogP contribution < -0.4 is 5.32 Å². The number of fused-ring (bicyclic) bond motifs is 1. The fraction of sp³-hybridized carbons (Fsp3) is 0.0909. The maximum atomic E-state index is 12.3. The number of rotatable bonds is 5. The third kappa shape index (κ3) is 3.41. The molecule has 0 aliphatic rings.